The summed E-state index contributed by atoms with van der Waals surface area (Å²) in [5.74, 6) is 0.114. The number of piperazine rings is 1. The number of urea groups is 1. The highest BCUT2D eigenvalue weighted by molar-refractivity contribution is 5.96. The van der Waals surface area contributed by atoms with Crippen molar-refractivity contribution < 1.29 is 23.5 Å². The SMILES string of the molecule is NC(=O)CCOc1ccccc1NC(=O)N1CCN(C(=O)c2cc3ccccc3o2)CC1. The first-order valence-corrected chi connectivity index (χ1v) is 10.3. The smallest absolute Gasteiger partial charge is 0.322 e. The van der Waals surface area contributed by atoms with Crippen LogP contribution in [0.1, 0.15) is 17.0 Å². The molecule has 4 amide bonds. The normalized spacial score (nSPS) is 13.8. The third-order valence-electron chi connectivity index (χ3n) is 5.23. The molecule has 9 heteroatoms. The van der Waals surface area contributed by atoms with E-state index in [2.05, 4.69) is 5.32 Å². The second kappa shape index (κ2) is 9.42. The molecule has 9 nitrogen and oxygen atoms in total. The standard InChI is InChI=1S/C23H24N4O5/c24-21(28)9-14-31-19-8-4-2-6-17(19)25-23(30)27-12-10-26(11-13-27)22(29)20-15-16-5-1-3-7-18(16)32-20/h1-8,15H,9-14H2,(H2,24,28)(H,25,30). The molecule has 166 valence electrons. The predicted octanol–water partition coefficient (Wildman–Crippen LogP) is 2.68. The van der Waals surface area contributed by atoms with Crippen LogP contribution in [0.15, 0.2) is 59.0 Å². The van der Waals surface area contributed by atoms with E-state index >= 15 is 0 Å². The second-order valence-electron chi connectivity index (χ2n) is 7.42. The van der Waals surface area contributed by atoms with Gasteiger partial charge in [0, 0.05) is 31.6 Å². The fourth-order valence-electron chi connectivity index (χ4n) is 3.51. The number of benzene rings is 2. The zero-order valence-electron chi connectivity index (χ0n) is 17.5. The highest BCUT2D eigenvalue weighted by atomic mass is 16.5. The van der Waals surface area contributed by atoms with Gasteiger partial charge in [-0.2, -0.15) is 0 Å². The van der Waals surface area contributed by atoms with Crippen molar-refractivity contribution >= 4 is 34.5 Å². The summed E-state index contributed by atoms with van der Waals surface area (Å²) in [6, 6.07) is 15.9. The van der Waals surface area contributed by atoms with Gasteiger partial charge in [0.25, 0.3) is 5.91 Å². The number of nitrogens with one attached hydrogen (secondary N) is 1. The van der Waals surface area contributed by atoms with Gasteiger partial charge in [0.15, 0.2) is 5.76 Å². The van der Waals surface area contributed by atoms with Crippen LogP contribution < -0.4 is 15.8 Å². The molecule has 0 spiro atoms. The predicted molar refractivity (Wildman–Crippen MR) is 118 cm³/mol. The minimum absolute atomic E-state index is 0.0868. The van der Waals surface area contributed by atoms with Gasteiger partial charge in [-0.25, -0.2) is 4.79 Å². The number of amides is 4. The van der Waals surface area contributed by atoms with Crippen LogP contribution in [0.3, 0.4) is 0 Å². The van der Waals surface area contributed by atoms with Crippen molar-refractivity contribution in [3.05, 3.63) is 60.4 Å². The Balaban J connectivity index is 1.33. The fourth-order valence-corrected chi connectivity index (χ4v) is 3.51. The minimum Gasteiger partial charge on any atom is -0.491 e. The van der Waals surface area contributed by atoms with Crippen LogP contribution in [0.5, 0.6) is 5.75 Å². The highest BCUT2D eigenvalue weighted by Gasteiger charge is 2.27. The molecule has 1 aliphatic rings. The molecule has 1 aliphatic heterocycles. The van der Waals surface area contributed by atoms with Crippen LogP contribution in [0.25, 0.3) is 11.0 Å². The number of carbonyl (C=O) groups is 3. The molecule has 0 atom stereocenters. The molecule has 0 aliphatic carbocycles. The first-order chi connectivity index (χ1) is 15.5. The number of primary amides is 1. The van der Waals surface area contributed by atoms with Crippen molar-refractivity contribution in [3.63, 3.8) is 0 Å². The fraction of sp³-hybridized carbons (Fsp3) is 0.261. The summed E-state index contributed by atoms with van der Waals surface area (Å²) in [5.41, 5.74) is 6.31. The summed E-state index contributed by atoms with van der Waals surface area (Å²) < 4.78 is 11.2. The summed E-state index contributed by atoms with van der Waals surface area (Å²) in [6.07, 6.45) is 0.0868. The molecule has 1 saturated heterocycles. The molecule has 0 radical (unpaired) electrons. The summed E-state index contributed by atoms with van der Waals surface area (Å²) in [7, 11) is 0. The molecule has 0 unspecified atom stereocenters. The van der Waals surface area contributed by atoms with Crippen molar-refractivity contribution in [2.24, 2.45) is 5.73 Å². The number of rotatable bonds is 6. The lowest BCUT2D eigenvalue weighted by molar-refractivity contribution is -0.118. The Hall–Kier alpha value is -4.01. The number of nitrogens with two attached hydrogens (primary N) is 1. The van der Waals surface area contributed by atoms with Gasteiger partial charge in [0.2, 0.25) is 5.91 Å². The van der Waals surface area contributed by atoms with E-state index in [9.17, 15) is 14.4 Å². The van der Waals surface area contributed by atoms with Crippen LogP contribution in [-0.2, 0) is 4.79 Å². The molecule has 3 N–H and O–H groups in total. The van der Waals surface area contributed by atoms with Crippen molar-refractivity contribution in [1.29, 1.82) is 0 Å². The molecular weight excluding hydrogens is 412 g/mol. The van der Waals surface area contributed by atoms with Gasteiger partial charge in [0.1, 0.15) is 11.3 Å². The molecule has 2 heterocycles. The van der Waals surface area contributed by atoms with Crippen LogP contribution in [-0.4, -0.2) is 60.4 Å². The van der Waals surface area contributed by atoms with Crippen LogP contribution in [0.2, 0.25) is 0 Å². The second-order valence-corrected chi connectivity index (χ2v) is 7.42. The molecule has 1 aromatic heterocycles. The van der Waals surface area contributed by atoms with Gasteiger partial charge in [0.05, 0.1) is 18.7 Å². The lowest BCUT2D eigenvalue weighted by Gasteiger charge is -2.34. The summed E-state index contributed by atoms with van der Waals surface area (Å²) in [5, 5.41) is 3.72. The number of carbonyl (C=O) groups excluding carboxylic acids is 3. The Bertz CT molecular complexity index is 1100. The van der Waals surface area contributed by atoms with E-state index in [4.69, 9.17) is 14.9 Å². The molecule has 0 saturated carbocycles. The van der Waals surface area contributed by atoms with Gasteiger partial charge >= 0.3 is 6.03 Å². The molecule has 1 fully saturated rings. The Morgan fingerprint density at radius 1 is 0.969 bits per heavy atom. The Morgan fingerprint density at radius 3 is 2.41 bits per heavy atom. The molecule has 2 aromatic carbocycles. The third-order valence-corrected chi connectivity index (χ3v) is 5.23. The number of hydrogen-bond acceptors (Lipinski definition) is 5. The van der Waals surface area contributed by atoms with Crippen molar-refractivity contribution in [2.75, 3.05) is 38.1 Å². The van der Waals surface area contributed by atoms with Crippen molar-refractivity contribution in [3.8, 4) is 5.75 Å². The van der Waals surface area contributed by atoms with Gasteiger partial charge in [-0.05, 0) is 24.3 Å². The van der Waals surface area contributed by atoms with Gasteiger partial charge in [-0.3, -0.25) is 9.59 Å². The van der Waals surface area contributed by atoms with E-state index in [1.165, 1.54) is 0 Å². The number of furan rings is 1. The van der Waals surface area contributed by atoms with E-state index in [1.807, 2.05) is 24.3 Å². The van der Waals surface area contributed by atoms with E-state index in [1.54, 1.807) is 40.1 Å². The molecule has 32 heavy (non-hydrogen) atoms. The average molecular weight is 436 g/mol. The zero-order valence-corrected chi connectivity index (χ0v) is 17.5. The van der Waals surface area contributed by atoms with E-state index in [0.717, 1.165) is 5.39 Å². The van der Waals surface area contributed by atoms with Gasteiger partial charge < -0.3 is 30.0 Å². The Morgan fingerprint density at radius 2 is 1.66 bits per heavy atom. The van der Waals surface area contributed by atoms with E-state index < -0.39 is 5.91 Å². The minimum atomic E-state index is -0.457. The Labute approximate surface area is 184 Å². The molecule has 4 rings (SSSR count). The number of fused-ring (bicyclic) bond motifs is 1. The van der Waals surface area contributed by atoms with Crippen LogP contribution in [0.4, 0.5) is 10.5 Å². The molecule has 3 aromatic rings. The maximum absolute atomic E-state index is 12.8. The van der Waals surface area contributed by atoms with Gasteiger partial charge in [-0.15, -0.1) is 0 Å². The van der Waals surface area contributed by atoms with Crippen LogP contribution >= 0.6 is 0 Å². The number of ether oxygens (including phenoxy) is 1. The maximum Gasteiger partial charge on any atom is 0.322 e. The lowest BCUT2D eigenvalue weighted by Crippen LogP contribution is -2.51. The van der Waals surface area contributed by atoms with Crippen LogP contribution in [0, 0.1) is 0 Å². The average Bonchev–Trinajstić information content (AvgIpc) is 3.24. The zero-order chi connectivity index (χ0) is 22.5. The Kier molecular flexibility index (Phi) is 6.25. The highest BCUT2D eigenvalue weighted by Crippen LogP contribution is 2.25. The van der Waals surface area contributed by atoms with Gasteiger partial charge in [-0.1, -0.05) is 30.3 Å². The number of anilines is 1. The van der Waals surface area contributed by atoms with Crippen molar-refractivity contribution in [2.45, 2.75) is 6.42 Å². The first kappa shape index (κ1) is 21.2. The van der Waals surface area contributed by atoms with E-state index in [-0.39, 0.29) is 25.0 Å². The van der Waals surface area contributed by atoms with Crippen molar-refractivity contribution in [1.82, 2.24) is 9.80 Å². The largest absolute Gasteiger partial charge is 0.491 e. The quantitative estimate of drug-likeness (QED) is 0.616. The molecule has 0 bridgehead atoms. The monoisotopic (exact) mass is 436 g/mol. The number of nitrogens with zero attached hydrogens (tertiary/aromatic N) is 2. The topological polar surface area (TPSA) is 118 Å². The number of para-hydroxylation sites is 3. The molecular formula is C23H24N4O5. The first-order valence-electron chi connectivity index (χ1n) is 10.3. The maximum atomic E-state index is 12.8. The van der Waals surface area contributed by atoms with E-state index in [0.29, 0.717) is 49.0 Å². The lowest BCUT2D eigenvalue weighted by atomic mass is 10.2. The third kappa shape index (κ3) is 4.83. The summed E-state index contributed by atoms with van der Waals surface area (Å²) in [4.78, 5) is 39.7. The summed E-state index contributed by atoms with van der Waals surface area (Å²) >= 11 is 0. The summed E-state index contributed by atoms with van der Waals surface area (Å²) in [6.45, 7) is 1.72. The number of hydrogen-bond donors (Lipinski definition) is 2.